The van der Waals surface area contributed by atoms with E-state index in [1.165, 1.54) is 0 Å². The first-order chi connectivity index (χ1) is 15.8. The summed E-state index contributed by atoms with van der Waals surface area (Å²) in [6.45, 7) is 2.33. The minimum Gasteiger partial charge on any atom is -0.422 e. The van der Waals surface area contributed by atoms with Gasteiger partial charge in [0.15, 0.2) is 5.60 Å². The highest BCUT2D eigenvalue weighted by atomic mass is 16.7. The van der Waals surface area contributed by atoms with E-state index in [0.717, 1.165) is 29.9 Å². The van der Waals surface area contributed by atoms with Crippen LogP contribution in [0.2, 0.25) is 0 Å². The number of fused-ring (bicyclic) bond motifs is 5. The zero-order chi connectivity index (χ0) is 23.3. The van der Waals surface area contributed by atoms with Crippen molar-refractivity contribution in [3.8, 4) is 11.1 Å². The number of anilines is 1. The maximum Gasteiger partial charge on any atom is 0.305 e. The third-order valence-electron chi connectivity index (χ3n) is 6.22. The van der Waals surface area contributed by atoms with Crippen molar-refractivity contribution in [3.63, 3.8) is 0 Å². The Hall–Kier alpha value is -3.78. The Labute approximate surface area is 189 Å². The first-order valence-electron chi connectivity index (χ1n) is 10.6. The third-order valence-corrected chi connectivity index (χ3v) is 6.22. The van der Waals surface area contributed by atoms with Crippen LogP contribution in [0.25, 0.3) is 11.1 Å². The largest absolute Gasteiger partial charge is 0.422 e. The zero-order valence-electron chi connectivity index (χ0n) is 18.0. The summed E-state index contributed by atoms with van der Waals surface area (Å²) in [6.07, 6.45) is 1.03. The van der Waals surface area contributed by atoms with E-state index >= 15 is 0 Å². The first-order valence-corrected chi connectivity index (χ1v) is 10.6. The molecule has 0 aromatic heterocycles. The highest BCUT2D eigenvalue weighted by Crippen LogP contribution is 2.54. The SMILES string of the molecule is CC(=O)OC(OC(C)=O)[C@]12C=C[C@H](O1)[C@H]1C(=O)N(c3ccc(-c4ccccc4)cc3)C(=O)[C@@H]12. The maximum atomic E-state index is 13.5. The molecular formula is C25H21NO7. The number of nitrogens with zero attached hydrogens (tertiary/aromatic N) is 1. The van der Waals surface area contributed by atoms with Gasteiger partial charge in [-0.3, -0.25) is 19.2 Å². The van der Waals surface area contributed by atoms with Gasteiger partial charge in [0, 0.05) is 13.8 Å². The van der Waals surface area contributed by atoms with Crippen molar-refractivity contribution in [1.29, 1.82) is 0 Å². The number of ether oxygens (including phenoxy) is 3. The first kappa shape index (κ1) is 21.1. The quantitative estimate of drug-likeness (QED) is 0.301. The van der Waals surface area contributed by atoms with Crippen molar-refractivity contribution >= 4 is 29.4 Å². The Morgan fingerprint density at radius 3 is 2.12 bits per heavy atom. The monoisotopic (exact) mass is 447 g/mol. The van der Waals surface area contributed by atoms with E-state index in [-0.39, 0.29) is 0 Å². The second kappa shape index (κ2) is 7.67. The molecule has 3 aliphatic heterocycles. The van der Waals surface area contributed by atoms with Crippen molar-refractivity contribution in [1.82, 2.24) is 0 Å². The van der Waals surface area contributed by atoms with E-state index in [9.17, 15) is 19.2 Å². The maximum absolute atomic E-state index is 13.5. The van der Waals surface area contributed by atoms with Crippen LogP contribution in [-0.4, -0.2) is 41.7 Å². The van der Waals surface area contributed by atoms with Crippen molar-refractivity contribution in [2.24, 2.45) is 11.8 Å². The number of esters is 2. The number of carbonyl (C=O) groups is 4. The molecule has 2 aromatic carbocycles. The van der Waals surface area contributed by atoms with Gasteiger partial charge in [-0.1, -0.05) is 48.5 Å². The fourth-order valence-corrected chi connectivity index (χ4v) is 4.90. The molecule has 2 bridgehead atoms. The number of hydrogen-bond donors (Lipinski definition) is 0. The summed E-state index contributed by atoms with van der Waals surface area (Å²) in [6, 6.07) is 16.9. The molecule has 2 fully saturated rings. The standard InChI is InChI=1S/C25H21NO7/c1-14(27)31-24(32-15(2)28)25-13-12-19(33-25)20-21(25)23(30)26(22(20)29)18-10-8-17(9-11-18)16-6-4-3-5-7-16/h3-13,19-21,24H,1-2H3/t19-,20+,21+,25+/m0/s1. The minimum atomic E-state index is -1.56. The Balaban J connectivity index is 1.48. The lowest BCUT2D eigenvalue weighted by atomic mass is 9.76. The molecule has 0 radical (unpaired) electrons. The van der Waals surface area contributed by atoms with Gasteiger partial charge in [0.2, 0.25) is 11.8 Å². The molecule has 3 heterocycles. The Bertz CT molecular complexity index is 1160. The molecule has 0 saturated carbocycles. The van der Waals surface area contributed by atoms with Gasteiger partial charge in [0.1, 0.15) is 0 Å². The van der Waals surface area contributed by atoms with Crippen molar-refractivity contribution in [3.05, 3.63) is 66.7 Å². The number of imide groups is 1. The summed E-state index contributed by atoms with van der Waals surface area (Å²) in [5.41, 5.74) is 0.841. The van der Waals surface area contributed by atoms with Crippen LogP contribution in [0.15, 0.2) is 66.7 Å². The molecule has 168 valence electrons. The number of benzene rings is 2. The van der Waals surface area contributed by atoms with Gasteiger partial charge in [0.25, 0.3) is 6.29 Å². The fourth-order valence-electron chi connectivity index (χ4n) is 4.90. The van der Waals surface area contributed by atoms with E-state index in [1.54, 1.807) is 24.3 Å². The van der Waals surface area contributed by atoms with Crippen molar-refractivity contribution in [2.45, 2.75) is 31.8 Å². The van der Waals surface area contributed by atoms with Crippen LogP contribution in [0.4, 0.5) is 5.69 Å². The molecule has 8 heteroatoms. The number of rotatable bonds is 5. The van der Waals surface area contributed by atoms with Gasteiger partial charge in [-0.2, -0.15) is 0 Å². The van der Waals surface area contributed by atoms with Crippen LogP contribution >= 0.6 is 0 Å². The highest BCUT2D eigenvalue weighted by molar-refractivity contribution is 6.23. The van der Waals surface area contributed by atoms with Gasteiger partial charge in [-0.05, 0) is 29.3 Å². The molecule has 2 amide bonds. The topological polar surface area (TPSA) is 99.2 Å². The zero-order valence-corrected chi connectivity index (χ0v) is 18.0. The molecule has 2 saturated heterocycles. The number of amides is 2. The molecule has 5 rings (SSSR count). The van der Waals surface area contributed by atoms with Crippen LogP contribution in [0.3, 0.4) is 0 Å². The predicted molar refractivity (Wildman–Crippen MR) is 115 cm³/mol. The summed E-state index contributed by atoms with van der Waals surface area (Å²) in [5.74, 6) is -4.09. The lowest BCUT2D eigenvalue weighted by molar-refractivity contribution is -0.226. The average Bonchev–Trinajstić information content (AvgIpc) is 3.44. The van der Waals surface area contributed by atoms with E-state index in [2.05, 4.69) is 0 Å². The molecule has 2 aromatic rings. The second-order valence-corrected chi connectivity index (χ2v) is 8.27. The summed E-state index contributed by atoms with van der Waals surface area (Å²) in [7, 11) is 0. The molecule has 0 spiro atoms. The minimum absolute atomic E-state index is 0.405. The van der Waals surface area contributed by atoms with Crippen LogP contribution in [0, 0.1) is 11.8 Å². The molecule has 0 unspecified atom stereocenters. The normalized spacial score (nSPS) is 27.2. The van der Waals surface area contributed by atoms with Crippen molar-refractivity contribution in [2.75, 3.05) is 4.90 Å². The summed E-state index contributed by atoms with van der Waals surface area (Å²) >= 11 is 0. The molecule has 0 aliphatic carbocycles. The summed E-state index contributed by atoms with van der Waals surface area (Å²) in [4.78, 5) is 51.4. The Morgan fingerprint density at radius 2 is 1.52 bits per heavy atom. The highest BCUT2D eigenvalue weighted by Gasteiger charge is 2.72. The molecule has 4 atom stereocenters. The van der Waals surface area contributed by atoms with Crippen LogP contribution in [0.1, 0.15) is 13.8 Å². The van der Waals surface area contributed by atoms with Crippen molar-refractivity contribution < 1.29 is 33.4 Å². The summed E-state index contributed by atoms with van der Waals surface area (Å²) < 4.78 is 16.4. The van der Waals surface area contributed by atoms with Crippen LogP contribution < -0.4 is 4.90 Å². The average molecular weight is 447 g/mol. The molecule has 33 heavy (non-hydrogen) atoms. The molecule has 3 aliphatic rings. The summed E-state index contributed by atoms with van der Waals surface area (Å²) in [5, 5.41) is 0. The van der Waals surface area contributed by atoms with Gasteiger partial charge >= 0.3 is 11.9 Å². The van der Waals surface area contributed by atoms with Gasteiger partial charge in [-0.15, -0.1) is 0 Å². The predicted octanol–water partition coefficient (Wildman–Crippen LogP) is 2.62. The van der Waals surface area contributed by atoms with E-state index in [4.69, 9.17) is 14.2 Å². The van der Waals surface area contributed by atoms with E-state index in [1.807, 2.05) is 42.5 Å². The van der Waals surface area contributed by atoms with E-state index in [0.29, 0.717) is 5.69 Å². The van der Waals surface area contributed by atoms with Gasteiger partial charge < -0.3 is 14.2 Å². The van der Waals surface area contributed by atoms with E-state index < -0.39 is 53.6 Å². The molecule has 0 N–H and O–H groups in total. The Morgan fingerprint density at radius 1 is 0.909 bits per heavy atom. The second-order valence-electron chi connectivity index (χ2n) is 8.27. The lowest BCUT2D eigenvalue weighted by Gasteiger charge is -2.34. The lowest BCUT2D eigenvalue weighted by Crippen LogP contribution is -2.52. The number of hydrogen-bond acceptors (Lipinski definition) is 7. The number of carbonyl (C=O) groups excluding carboxylic acids is 4. The fraction of sp³-hybridized carbons (Fsp3) is 0.280. The molecular weight excluding hydrogens is 426 g/mol. The van der Waals surface area contributed by atoms with Gasteiger partial charge in [0.05, 0.1) is 23.6 Å². The molecule has 8 nitrogen and oxygen atoms in total. The Kier molecular flexibility index (Phi) is 4.90. The third kappa shape index (κ3) is 3.25. The van der Waals surface area contributed by atoms with Gasteiger partial charge in [-0.25, -0.2) is 4.90 Å². The smallest absolute Gasteiger partial charge is 0.305 e. The van der Waals surface area contributed by atoms with Crippen LogP contribution in [-0.2, 0) is 33.4 Å². The van der Waals surface area contributed by atoms with Crippen LogP contribution in [0.5, 0.6) is 0 Å².